The molecular formula is C27H24N6O. The summed E-state index contributed by atoms with van der Waals surface area (Å²) in [6.07, 6.45) is 1.63. The highest BCUT2D eigenvalue weighted by Crippen LogP contribution is 2.32. The number of hydrogen-bond donors (Lipinski definition) is 2. The van der Waals surface area contributed by atoms with Crippen LogP contribution in [-0.4, -0.2) is 38.7 Å². The minimum absolute atomic E-state index is 0.290. The molecule has 3 aromatic carbocycles. The maximum Gasteiger partial charge on any atom is 0.295 e. The number of nitrogens with zero attached hydrogens (tertiary/aromatic N) is 4. The van der Waals surface area contributed by atoms with Gasteiger partial charge in [0.05, 0.1) is 11.9 Å². The molecule has 7 heteroatoms. The number of hydrogen-bond acceptors (Lipinski definition) is 5. The minimum atomic E-state index is -1.16. The normalized spacial score (nSPS) is 17.9. The minimum Gasteiger partial charge on any atom is -0.349 e. The molecule has 0 radical (unpaired) electrons. The van der Waals surface area contributed by atoms with E-state index < -0.39 is 5.54 Å². The van der Waals surface area contributed by atoms with Gasteiger partial charge in [-0.25, -0.2) is 0 Å². The first-order valence-corrected chi connectivity index (χ1v) is 11.0. The van der Waals surface area contributed by atoms with Gasteiger partial charge in [0.15, 0.2) is 11.4 Å². The number of anilines is 1. The molecule has 1 aliphatic rings. The van der Waals surface area contributed by atoms with Crippen molar-refractivity contribution in [2.75, 3.05) is 5.32 Å². The van der Waals surface area contributed by atoms with Crippen molar-refractivity contribution in [2.24, 2.45) is 10.2 Å². The van der Waals surface area contributed by atoms with E-state index >= 15 is 0 Å². The Bertz CT molecular complexity index is 1360. The third-order valence-corrected chi connectivity index (χ3v) is 5.88. The number of amides is 1. The van der Waals surface area contributed by atoms with E-state index in [9.17, 15) is 4.79 Å². The molecule has 0 fully saturated rings. The van der Waals surface area contributed by atoms with Gasteiger partial charge in [0, 0.05) is 11.1 Å². The summed E-state index contributed by atoms with van der Waals surface area (Å²) in [6.45, 7) is 3.79. The van der Waals surface area contributed by atoms with Gasteiger partial charge in [-0.15, -0.1) is 10.2 Å². The van der Waals surface area contributed by atoms with Crippen molar-refractivity contribution in [1.29, 1.82) is 0 Å². The number of carbonyl (C=O) groups excluding carboxylic acids is 1. The maximum atomic E-state index is 13.6. The number of nitrogens with one attached hydrogen (secondary N) is 2. The van der Waals surface area contributed by atoms with Crippen LogP contribution in [0.1, 0.15) is 23.6 Å². The van der Waals surface area contributed by atoms with Gasteiger partial charge in [0.25, 0.3) is 5.91 Å². The summed E-state index contributed by atoms with van der Waals surface area (Å²) in [5, 5.41) is 21.1. The standard InChI is InChI=1S/C27H24N6O/c1-19-23(21-14-8-4-9-15-21)30-31-25(19)29-27(2)24(22-16-10-5-11-17-22)32-33(26(27)34)28-18-20-12-6-3-7-13-20/h3-18H,1-2H3,(H2,29,30,31)/b28-18+. The molecule has 0 bridgehead atoms. The van der Waals surface area contributed by atoms with Gasteiger partial charge in [-0.1, -0.05) is 91.0 Å². The second kappa shape index (κ2) is 8.78. The Morgan fingerprint density at radius 1 is 0.912 bits per heavy atom. The Morgan fingerprint density at radius 3 is 2.15 bits per heavy atom. The molecule has 1 atom stereocenters. The summed E-state index contributed by atoms with van der Waals surface area (Å²) in [6, 6.07) is 29.2. The lowest BCUT2D eigenvalue weighted by Gasteiger charge is -2.25. The zero-order valence-corrected chi connectivity index (χ0v) is 18.9. The van der Waals surface area contributed by atoms with Gasteiger partial charge in [0.2, 0.25) is 0 Å². The van der Waals surface area contributed by atoms with Gasteiger partial charge in [0.1, 0.15) is 5.71 Å². The van der Waals surface area contributed by atoms with Crippen LogP contribution >= 0.6 is 0 Å². The van der Waals surface area contributed by atoms with E-state index in [4.69, 9.17) is 0 Å². The number of aromatic amines is 1. The van der Waals surface area contributed by atoms with Crippen molar-refractivity contribution in [3.8, 4) is 11.3 Å². The number of H-pyrrole nitrogens is 1. The molecule has 0 spiro atoms. The van der Waals surface area contributed by atoms with Crippen molar-refractivity contribution >= 4 is 23.7 Å². The molecular weight excluding hydrogens is 424 g/mol. The smallest absolute Gasteiger partial charge is 0.295 e. The third kappa shape index (κ3) is 3.88. The van der Waals surface area contributed by atoms with E-state index in [1.807, 2.05) is 105 Å². The third-order valence-electron chi connectivity index (χ3n) is 5.88. The van der Waals surface area contributed by atoms with Crippen LogP contribution in [0.4, 0.5) is 5.82 Å². The monoisotopic (exact) mass is 448 g/mol. The molecule has 0 saturated heterocycles. The summed E-state index contributed by atoms with van der Waals surface area (Å²) >= 11 is 0. The first kappa shape index (κ1) is 21.3. The highest BCUT2D eigenvalue weighted by atomic mass is 16.2. The number of benzene rings is 3. The Morgan fingerprint density at radius 2 is 1.50 bits per heavy atom. The van der Waals surface area contributed by atoms with E-state index in [0.29, 0.717) is 11.5 Å². The fourth-order valence-corrected chi connectivity index (χ4v) is 3.98. The Balaban J connectivity index is 1.51. The fourth-order valence-electron chi connectivity index (χ4n) is 3.98. The number of carbonyl (C=O) groups is 1. The molecule has 0 aliphatic carbocycles. The van der Waals surface area contributed by atoms with Crippen molar-refractivity contribution in [1.82, 2.24) is 15.3 Å². The lowest BCUT2D eigenvalue weighted by Crippen LogP contribution is -2.50. The Hall–Kier alpha value is -4.52. The molecule has 7 nitrogen and oxygen atoms in total. The van der Waals surface area contributed by atoms with E-state index in [-0.39, 0.29) is 5.91 Å². The summed E-state index contributed by atoms with van der Waals surface area (Å²) < 4.78 is 0. The molecule has 4 aromatic rings. The number of rotatable bonds is 6. The molecule has 2 heterocycles. The van der Waals surface area contributed by atoms with Gasteiger partial charge in [-0.3, -0.25) is 9.89 Å². The molecule has 1 unspecified atom stereocenters. The zero-order chi connectivity index (χ0) is 23.5. The van der Waals surface area contributed by atoms with E-state index in [0.717, 1.165) is 33.1 Å². The lowest BCUT2D eigenvalue weighted by atomic mass is 9.90. The van der Waals surface area contributed by atoms with Crippen molar-refractivity contribution in [3.63, 3.8) is 0 Å². The summed E-state index contributed by atoms with van der Waals surface area (Å²) in [7, 11) is 0. The van der Waals surface area contributed by atoms with Crippen LogP contribution < -0.4 is 5.32 Å². The Kier molecular flexibility index (Phi) is 5.51. The SMILES string of the molecule is Cc1c(NC2(C)C(=O)N(/N=C/c3ccccc3)N=C2c2ccccc2)n[nH]c1-c1ccccc1. The second-order valence-electron chi connectivity index (χ2n) is 8.25. The van der Waals surface area contributed by atoms with Crippen LogP contribution in [0.5, 0.6) is 0 Å². The van der Waals surface area contributed by atoms with E-state index in [1.165, 1.54) is 0 Å². The average molecular weight is 449 g/mol. The first-order valence-electron chi connectivity index (χ1n) is 11.0. The molecule has 2 N–H and O–H groups in total. The molecule has 34 heavy (non-hydrogen) atoms. The van der Waals surface area contributed by atoms with Crippen LogP contribution in [0.25, 0.3) is 11.3 Å². The van der Waals surface area contributed by atoms with Gasteiger partial charge < -0.3 is 5.32 Å². The second-order valence-corrected chi connectivity index (χ2v) is 8.25. The fraction of sp³-hybridized carbons (Fsp3) is 0.111. The summed E-state index contributed by atoms with van der Waals surface area (Å²) in [5.41, 5.74) is 3.96. The molecule has 1 aliphatic heterocycles. The summed E-state index contributed by atoms with van der Waals surface area (Å²) in [5.74, 6) is 0.300. The molecule has 1 amide bonds. The largest absolute Gasteiger partial charge is 0.349 e. The van der Waals surface area contributed by atoms with Crippen LogP contribution in [0.15, 0.2) is 101 Å². The molecule has 168 valence electrons. The van der Waals surface area contributed by atoms with Crippen LogP contribution in [0.2, 0.25) is 0 Å². The van der Waals surface area contributed by atoms with Crippen LogP contribution in [0, 0.1) is 6.92 Å². The molecule has 1 aromatic heterocycles. The number of aromatic nitrogens is 2. The van der Waals surface area contributed by atoms with Gasteiger partial charge in [-0.05, 0) is 25.0 Å². The van der Waals surface area contributed by atoms with E-state index in [2.05, 4.69) is 25.7 Å². The summed E-state index contributed by atoms with van der Waals surface area (Å²) in [4.78, 5) is 13.6. The predicted molar refractivity (Wildman–Crippen MR) is 135 cm³/mol. The van der Waals surface area contributed by atoms with Gasteiger partial charge in [-0.2, -0.15) is 10.2 Å². The highest BCUT2D eigenvalue weighted by molar-refractivity contribution is 6.25. The topological polar surface area (TPSA) is 85.7 Å². The van der Waals surface area contributed by atoms with Crippen molar-refractivity contribution in [2.45, 2.75) is 19.4 Å². The van der Waals surface area contributed by atoms with Crippen molar-refractivity contribution in [3.05, 3.63) is 108 Å². The van der Waals surface area contributed by atoms with E-state index in [1.54, 1.807) is 6.21 Å². The predicted octanol–water partition coefficient (Wildman–Crippen LogP) is 4.84. The molecule has 5 rings (SSSR count). The van der Waals surface area contributed by atoms with Crippen LogP contribution in [-0.2, 0) is 4.79 Å². The Labute approximate surface area is 197 Å². The average Bonchev–Trinajstić information content (AvgIpc) is 3.36. The first-order chi connectivity index (χ1) is 16.6. The number of hydrazone groups is 2. The van der Waals surface area contributed by atoms with Crippen LogP contribution in [0.3, 0.4) is 0 Å². The maximum absolute atomic E-state index is 13.6. The highest BCUT2D eigenvalue weighted by Gasteiger charge is 2.49. The van der Waals surface area contributed by atoms with Gasteiger partial charge >= 0.3 is 0 Å². The lowest BCUT2D eigenvalue weighted by molar-refractivity contribution is -0.131. The zero-order valence-electron chi connectivity index (χ0n) is 18.9. The van der Waals surface area contributed by atoms with Crippen molar-refractivity contribution < 1.29 is 4.79 Å². The molecule has 0 saturated carbocycles. The quantitative estimate of drug-likeness (QED) is 0.414.